The normalized spacial score (nSPS) is 18.2. The minimum Gasteiger partial charge on any atom is -0.371 e. The summed E-state index contributed by atoms with van der Waals surface area (Å²) in [7, 11) is 0. The van der Waals surface area contributed by atoms with Crippen LogP contribution in [0.5, 0.6) is 0 Å². The number of hydrogen-bond acceptors (Lipinski definition) is 2. The zero-order valence-corrected chi connectivity index (χ0v) is 13.9. The van der Waals surface area contributed by atoms with E-state index in [0.717, 1.165) is 13.1 Å². The molecule has 2 rings (SSSR count). The number of nitrogens with zero attached hydrogens (tertiary/aromatic N) is 1. The fraction of sp³-hybridized carbons (Fsp3) is 0.684. The number of anilines is 1. The Morgan fingerprint density at radius 3 is 2.24 bits per heavy atom. The maximum absolute atomic E-state index is 3.64. The maximum Gasteiger partial charge on any atom is 0.0366 e. The van der Waals surface area contributed by atoms with Gasteiger partial charge < -0.3 is 10.2 Å². The molecule has 118 valence electrons. The van der Waals surface area contributed by atoms with Crippen LogP contribution in [0.1, 0.15) is 52.4 Å². The summed E-state index contributed by atoms with van der Waals surface area (Å²) >= 11 is 0. The Morgan fingerprint density at radius 2 is 1.67 bits per heavy atom. The molecular weight excluding hydrogens is 256 g/mol. The highest BCUT2D eigenvalue weighted by Gasteiger charge is 2.32. The highest BCUT2D eigenvalue weighted by Crippen LogP contribution is 2.36. The molecule has 1 aromatic carbocycles. The van der Waals surface area contributed by atoms with Gasteiger partial charge in [-0.3, -0.25) is 0 Å². The standard InChI is InChI=1S/C19H32N2/c1-3-20-16-19(14-10-5-6-11-15-19)17-21(4-2)18-12-8-7-9-13-18/h7-9,12-13,20H,3-6,10-11,14-17H2,1-2H3. The molecule has 0 radical (unpaired) electrons. The topological polar surface area (TPSA) is 15.3 Å². The predicted molar refractivity (Wildman–Crippen MR) is 93.0 cm³/mol. The van der Waals surface area contributed by atoms with Gasteiger partial charge in [-0.05, 0) is 38.4 Å². The predicted octanol–water partition coefficient (Wildman–Crippen LogP) is 4.46. The number of benzene rings is 1. The molecule has 2 nitrogen and oxygen atoms in total. The summed E-state index contributed by atoms with van der Waals surface area (Å²) in [6.45, 7) is 9.05. The van der Waals surface area contributed by atoms with E-state index >= 15 is 0 Å². The van der Waals surface area contributed by atoms with Crippen molar-refractivity contribution in [3.8, 4) is 0 Å². The van der Waals surface area contributed by atoms with Crippen molar-refractivity contribution in [3.63, 3.8) is 0 Å². The van der Waals surface area contributed by atoms with Crippen molar-refractivity contribution < 1.29 is 0 Å². The van der Waals surface area contributed by atoms with Crippen LogP contribution >= 0.6 is 0 Å². The summed E-state index contributed by atoms with van der Waals surface area (Å²) in [4.78, 5) is 2.57. The lowest BCUT2D eigenvalue weighted by atomic mass is 9.79. The second-order valence-electron chi connectivity index (χ2n) is 6.54. The van der Waals surface area contributed by atoms with Gasteiger partial charge in [-0.25, -0.2) is 0 Å². The zero-order valence-electron chi connectivity index (χ0n) is 13.9. The van der Waals surface area contributed by atoms with Gasteiger partial charge in [-0.15, -0.1) is 0 Å². The van der Waals surface area contributed by atoms with Crippen molar-refractivity contribution >= 4 is 5.69 Å². The summed E-state index contributed by atoms with van der Waals surface area (Å²) in [5, 5.41) is 3.64. The van der Waals surface area contributed by atoms with Crippen molar-refractivity contribution in [1.29, 1.82) is 0 Å². The van der Waals surface area contributed by atoms with E-state index in [2.05, 4.69) is 54.4 Å². The number of rotatable bonds is 7. The summed E-state index contributed by atoms with van der Waals surface area (Å²) in [5.74, 6) is 0. The molecule has 2 heteroatoms. The fourth-order valence-electron chi connectivity index (χ4n) is 3.69. The Kier molecular flexibility index (Phi) is 6.56. The fourth-order valence-corrected chi connectivity index (χ4v) is 3.69. The van der Waals surface area contributed by atoms with Crippen molar-refractivity contribution in [2.24, 2.45) is 5.41 Å². The molecule has 0 saturated heterocycles. The Labute approximate surface area is 130 Å². The molecule has 0 aliphatic heterocycles. The van der Waals surface area contributed by atoms with E-state index in [4.69, 9.17) is 0 Å². The third-order valence-corrected chi connectivity index (χ3v) is 4.94. The average molecular weight is 288 g/mol. The van der Waals surface area contributed by atoms with Crippen LogP contribution in [0.4, 0.5) is 5.69 Å². The highest BCUT2D eigenvalue weighted by molar-refractivity contribution is 5.46. The minimum absolute atomic E-state index is 0.457. The lowest BCUT2D eigenvalue weighted by Gasteiger charge is -2.39. The van der Waals surface area contributed by atoms with Gasteiger partial charge in [0, 0.05) is 30.7 Å². The van der Waals surface area contributed by atoms with Gasteiger partial charge in [0.05, 0.1) is 0 Å². The van der Waals surface area contributed by atoms with Crippen LogP contribution in [0.15, 0.2) is 30.3 Å². The molecule has 1 fully saturated rings. The van der Waals surface area contributed by atoms with E-state index in [1.165, 1.54) is 57.3 Å². The SMILES string of the molecule is CCNCC1(CN(CC)c2ccccc2)CCCCCC1. The lowest BCUT2D eigenvalue weighted by Crippen LogP contribution is -2.44. The van der Waals surface area contributed by atoms with Crippen LogP contribution in [-0.4, -0.2) is 26.2 Å². The van der Waals surface area contributed by atoms with E-state index < -0.39 is 0 Å². The molecular formula is C19H32N2. The second kappa shape index (κ2) is 8.43. The summed E-state index contributed by atoms with van der Waals surface area (Å²) in [6, 6.07) is 10.9. The van der Waals surface area contributed by atoms with Crippen LogP contribution in [0, 0.1) is 5.41 Å². The smallest absolute Gasteiger partial charge is 0.0366 e. The average Bonchev–Trinajstić information content (AvgIpc) is 2.78. The Hall–Kier alpha value is -1.02. The first-order valence-corrected chi connectivity index (χ1v) is 8.80. The Morgan fingerprint density at radius 1 is 1.00 bits per heavy atom. The zero-order chi connectivity index (χ0) is 15.0. The largest absolute Gasteiger partial charge is 0.371 e. The van der Waals surface area contributed by atoms with Gasteiger partial charge in [0.15, 0.2) is 0 Å². The summed E-state index contributed by atoms with van der Waals surface area (Å²) in [6.07, 6.45) is 8.40. The summed E-state index contributed by atoms with van der Waals surface area (Å²) in [5.41, 5.74) is 1.83. The molecule has 21 heavy (non-hydrogen) atoms. The Bertz CT molecular complexity index is 380. The molecule has 0 heterocycles. The third-order valence-electron chi connectivity index (χ3n) is 4.94. The molecule has 1 aliphatic rings. The van der Waals surface area contributed by atoms with E-state index in [9.17, 15) is 0 Å². The monoisotopic (exact) mass is 288 g/mol. The molecule has 1 aromatic rings. The molecule has 0 aromatic heterocycles. The number of para-hydroxylation sites is 1. The van der Waals surface area contributed by atoms with Gasteiger partial charge in [0.1, 0.15) is 0 Å². The third kappa shape index (κ3) is 4.74. The molecule has 0 bridgehead atoms. The van der Waals surface area contributed by atoms with Crippen LogP contribution in [-0.2, 0) is 0 Å². The lowest BCUT2D eigenvalue weighted by molar-refractivity contribution is 0.238. The van der Waals surface area contributed by atoms with Gasteiger partial charge in [0.2, 0.25) is 0 Å². The van der Waals surface area contributed by atoms with Crippen molar-refractivity contribution in [2.45, 2.75) is 52.4 Å². The van der Waals surface area contributed by atoms with E-state index in [0.29, 0.717) is 5.41 Å². The molecule has 0 unspecified atom stereocenters. The molecule has 1 N–H and O–H groups in total. The van der Waals surface area contributed by atoms with Gasteiger partial charge in [-0.1, -0.05) is 50.8 Å². The highest BCUT2D eigenvalue weighted by atomic mass is 15.1. The van der Waals surface area contributed by atoms with Gasteiger partial charge >= 0.3 is 0 Å². The van der Waals surface area contributed by atoms with Crippen molar-refractivity contribution in [1.82, 2.24) is 5.32 Å². The number of hydrogen-bond donors (Lipinski definition) is 1. The van der Waals surface area contributed by atoms with E-state index in [1.807, 2.05) is 0 Å². The second-order valence-corrected chi connectivity index (χ2v) is 6.54. The first-order chi connectivity index (χ1) is 10.3. The number of nitrogens with one attached hydrogen (secondary N) is 1. The molecule has 0 spiro atoms. The maximum atomic E-state index is 3.64. The first kappa shape index (κ1) is 16.4. The summed E-state index contributed by atoms with van der Waals surface area (Å²) < 4.78 is 0. The molecule has 1 aliphatic carbocycles. The van der Waals surface area contributed by atoms with Crippen LogP contribution in [0.25, 0.3) is 0 Å². The molecule has 1 saturated carbocycles. The quantitative estimate of drug-likeness (QED) is 0.745. The van der Waals surface area contributed by atoms with Crippen LogP contribution in [0.2, 0.25) is 0 Å². The van der Waals surface area contributed by atoms with Crippen LogP contribution in [0.3, 0.4) is 0 Å². The van der Waals surface area contributed by atoms with Crippen molar-refractivity contribution in [3.05, 3.63) is 30.3 Å². The molecule has 0 atom stereocenters. The molecule has 0 amide bonds. The minimum atomic E-state index is 0.457. The van der Waals surface area contributed by atoms with Gasteiger partial charge in [-0.2, -0.15) is 0 Å². The van der Waals surface area contributed by atoms with Crippen molar-refractivity contribution in [2.75, 3.05) is 31.1 Å². The van der Waals surface area contributed by atoms with Crippen LogP contribution < -0.4 is 10.2 Å². The Balaban J connectivity index is 2.11. The van der Waals surface area contributed by atoms with E-state index in [1.54, 1.807) is 0 Å². The first-order valence-electron chi connectivity index (χ1n) is 8.80. The van der Waals surface area contributed by atoms with Gasteiger partial charge in [0.25, 0.3) is 0 Å². The van der Waals surface area contributed by atoms with E-state index in [-0.39, 0.29) is 0 Å².